The molecule has 39 heavy (non-hydrogen) atoms. The fourth-order valence-corrected chi connectivity index (χ4v) is 6.19. The first kappa shape index (κ1) is 27.6. The zero-order valence-electron chi connectivity index (χ0n) is 23.4. The molecular formula is C32H44N4O3. The monoisotopic (exact) mass is 532 g/mol. The van der Waals surface area contributed by atoms with Crippen molar-refractivity contribution in [2.75, 3.05) is 44.3 Å². The molecule has 1 aromatic heterocycles. The van der Waals surface area contributed by atoms with Crippen molar-refractivity contribution in [3.63, 3.8) is 0 Å². The van der Waals surface area contributed by atoms with Crippen LogP contribution < -0.4 is 9.64 Å². The van der Waals surface area contributed by atoms with E-state index in [9.17, 15) is 4.79 Å². The number of rotatable bonds is 9. The third kappa shape index (κ3) is 7.18. The summed E-state index contributed by atoms with van der Waals surface area (Å²) in [7, 11) is 0. The Balaban J connectivity index is 1.04. The van der Waals surface area contributed by atoms with Crippen LogP contribution in [-0.4, -0.2) is 65.3 Å². The third-order valence-corrected chi connectivity index (χ3v) is 8.96. The van der Waals surface area contributed by atoms with E-state index in [-0.39, 0.29) is 12.5 Å². The minimum Gasteiger partial charge on any atom is -0.493 e. The summed E-state index contributed by atoms with van der Waals surface area (Å²) in [6.07, 6.45) is 14.9. The topological polar surface area (TPSA) is 78.8 Å². The maximum absolute atomic E-state index is 13.0. The van der Waals surface area contributed by atoms with E-state index >= 15 is 0 Å². The molecule has 3 heterocycles. The van der Waals surface area contributed by atoms with Crippen molar-refractivity contribution in [3.05, 3.63) is 59.4 Å². The fraction of sp³-hybridized carbons (Fsp3) is 0.594. The number of hydrogen-bond acceptors (Lipinski definition) is 6. The Morgan fingerprint density at radius 2 is 1.67 bits per heavy atom. The van der Waals surface area contributed by atoms with Gasteiger partial charge in [-0.05, 0) is 98.8 Å². The van der Waals surface area contributed by atoms with E-state index in [2.05, 4.69) is 52.1 Å². The molecule has 0 saturated carbocycles. The molecule has 1 atom stereocenters. The summed E-state index contributed by atoms with van der Waals surface area (Å²) in [6.45, 7) is 6.72. The van der Waals surface area contributed by atoms with Crippen LogP contribution in [0.2, 0.25) is 0 Å². The van der Waals surface area contributed by atoms with E-state index in [1.165, 1.54) is 11.1 Å². The van der Waals surface area contributed by atoms with Crippen LogP contribution in [0, 0.1) is 11.8 Å². The van der Waals surface area contributed by atoms with Crippen molar-refractivity contribution in [2.24, 2.45) is 11.8 Å². The van der Waals surface area contributed by atoms with Gasteiger partial charge in [-0.15, -0.1) is 0 Å². The van der Waals surface area contributed by atoms with E-state index < -0.39 is 0 Å². The van der Waals surface area contributed by atoms with Crippen molar-refractivity contribution in [1.29, 1.82) is 0 Å². The Morgan fingerprint density at radius 3 is 2.28 bits per heavy atom. The summed E-state index contributed by atoms with van der Waals surface area (Å²) in [5, 5.41) is 9.16. The number of aliphatic hydroxyl groups excluding tert-OH is 1. The number of carbonyl (C=O) groups is 1. The zero-order valence-corrected chi connectivity index (χ0v) is 23.4. The molecule has 0 bridgehead atoms. The van der Waals surface area contributed by atoms with Crippen LogP contribution in [0.15, 0.2) is 48.3 Å². The summed E-state index contributed by atoms with van der Waals surface area (Å²) in [4.78, 5) is 26.4. The second-order valence-corrected chi connectivity index (χ2v) is 11.5. The third-order valence-electron chi connectivity index (χ3n) is 8.96. The lowest BCUT2D eigenvalue weighted by Gasteiger charge is -2.33. The van der Waals surface area contributed by atoms with Crippen molar-refractivity contribution in [3.8, 4) is 5.75 Å². The number of hydrogen-bond donors (Lipinski definition) is 1. The lowest BCUT2D eigenvalue weighted by atomic mass is 9.84. The molecule has 0 spiro atoms. The van der Waals surface area contributed by atoms with E-state index in [4.69, 9.17) is 9.84 Å². The number of aliphatic hydroxyl groups is 1. The highest BCUT2D eigenvalue weighted by molar-refractivity contribution is 5.93. The van der Waals surface area contributed by atoms with Crippen LogP contribution in [-0.2, 0) is 11.2 Å². The molecule has 2 aliphatic heterocycles. The smallest absolute Gasteiger partial charge is 0.249 e. The number of likely N-dealkylation sites (tertiary alicyclic amines) is 1. The Morgan fingerprint density at radius 1 is 0.974 bits per heavy atom. The number of anilines is 1. The Labute approximate surface area is 233 Å². The van der Waals surface area contributed by atoms with Gasteiger partial charge in [0.25, 0.3) is 0 Å². The first-order valence-corrected chi connectivity index (χ1v) is 15.0. The quantitative estimate of drug-likeness (QED) is 0.481. The SMILES string of the molecule is CCc1cnc(N2CCC(COc3ccc(C4CC=C(C(=O)N5CCC(CCO)CC5)CC4)cc3)CC2)nc1. The van der Waals surface area contributed by atoms with E-state index in [1.807, 2.05) is 17.3 Å². The molecule has 7 heteroatoms. The molecule has 1 amide bonds. The molecule has 7 nitrogen and oxygen atoms in total. The molecule has 5 rings (SSSR count). The van der Waals surface area contributed by atoms with Gasteiger partial charge in [0.15, 0.2) is 0 Å². The average molecular weight is 533 g/mol. The van der Waals surface area contributed by atoms with E-state index in [0.717, 1.165) is 108 Å². The van der Waals surface area contributed by atoms with Crippen LogP contribution in [0.1, 0.15) is 75.3 Å². The number of benzene rings is 1. The summed E-state index contributed by atoms with van der Waals surface area (Å²) >= 11 is 0. The standard InChI is InChI=1S/C32H44N4O3/c1-2-24-21-33-32(34-22-24)36-18-13-26(14-19-36)23-39-30-9-7-28(8-10-30)27-3-5-29(6-4-27)31(38)35-16-11-25(12-17-35)15-20-37/h5,7-10,21-22,25-27,37H,2-4,6,11-20,23H2,1H3. The van der Waals surface area contributed by atoms with Crippen molar-refractivity contribution in [1.82, 2.24) is 14.9 Å². The van der Waals surface area contributed by atoms with Crippen LogP contribution >= 0.6 is 0 Å². The minimum absolute atomic E-state index is 0.229. The van der Waals surface area contributed by atoms with Gasteiger partial charge in [-0.2, -0.15) is 0 Å². The van der Waals surface area contributed by atoms with Gasteiger partial charge in [-0.25, -0.2) is 9.97 Å². The van der Waals surface area contributed by atoms with Gasteiger partial charge in [0.05, 0.1) is 6.61 Å². The lowest BCUT2D eigenvalue weighted by molar-refractivity contribution is -0.128. The average Bonchev–Trinajstić information content (AvgIpc) is 3.01. The van der Waals surface area contributed by atoms with Gasteiger partial charge in [-0.1, -0.05) is 25.1 Å². The van der Waals surface area contributed by atoms with E-state index in [0.29, 0.717) is 17.8 Å². The van der Waals surface area contributed by atoms with Crippen molar-refractivity contribution < 1.29 is 14.6 Å². The number of aromatic nitrogens is 2. The van der Waals surface area contributed by atoms with Gasteiger partial charge in [-0.3, -0.25) is 4.79 Å². The predicted molar refractivity (Wildman–Crippen MR) is 154 cm³/mol. The predicted octanol–water partition coefficient (Wildman–Crippen LogP) is 5.15. The van der Waals surface area contributed by atoms with E-state index in [1.54, 1.807) is 0 Å². The second-order valence-electron chi connectivity index (χ2n) is 11.5. The minimum atomic E-state index is 0.229. The number of piperidine rings is 2. The Hall–Kier alpha value is -2.93. The molecule has 2 fully saturated rings. The second kappa shape index (κ2) is 13.4. The highest BCUT2D eigenvalue weighted by Crippen LogP contribution is 2.34. The molecule has 0 radical (unpaired) electrons. The molecule has 1 unspecified atom stereocenters. The number of ether oxygens (including phenoxy) is 1. The highest BCUT2D eigenvalue weighted by atomic mass is 16.5. The Bertz CT molecular complexity index is 1090. The molecular weight excluding hydrogens is 488 g/mol. The zero-order chi connectivity index (χ0) is 27.0. The molecule has 3 aliphatic rings. The molecule has 2 aromatic rings. The van der Waals surface area contributed by atoms with Crippen LogP contribution in [0.4, 0.5) is 5.95 Å². The molecule has 1 aromatic carbocycles. The molecule has 1 aliphatic carbocycles. The van der Waals surface area contributed by atoms with Gasteiger partial charge in [0.1, 0.15) is 5.75 Å². The highest BCUT2D eigenvalue weighted by Gasteiger charge is 2.27. The maximum atomic E-state index is 13.0. The number of nitrogens with zero attached hydrogens (tertiary/aromatic N) is 4. The molecule has 2 saturated heterocycles. The number of amides is 1. The number of aryl methyl sites for hydroxylation is 1. The van der Waals surface area contributed by atoms with Crippen LogP contribution in [0.25, 0.3) is 0 Å². The largest absolute Gasteiger partial charge is 0.493 e. The van der Waals surface area contributed by atoms with Gasteiger partial charge < -0.3 is 19.6 Å². The first-order chi connectivity index (χ1) is 19.1. The summed E-state index contributed by atoms with van der Waals surface area (Å²) in [5.41, 5.74) is 3.49. The molecule has 210 valence electrons. The van der Waals surface area contributed by atoms with Crippen LogP contribution in [0.5, 0.6) is 5.75 Å². The lowest BCUT2D eigenvalue weighted by Crippen LogP contribution is -2.39. The summed E-state index contributed by atoms with van der Waals surface area (Å²) in [5.74, 6) is 3.58. The Kier molecular flexibility index (Phi) is 9.51. The van der Waals surface area contributed by atoms with Gasteiger partial charge in [0, 0.05) is 50.8 Å². The van der Waals surface area contributed by atoms with Gasteiger partial charge >= 0.3 is 0 Å². The normalized spacial score (nSPS) is 21.1. The summed E-state index contributed by atoms with van der Waals surface area (Å²) < 4.78 is 6.17. The number of carbonyl (C=O) groups excluding carboxylic acids is 1. The first-order valence-electron chi connectivity index (χ1n) is 15.0. The summed E-state index contributed by atoms with van der Waals surface area (Å²) in [6, 6.07) is 8.61. The van der Waals surface area contributed by atoms with Gasteiger partial charge in [0.2, 0.25) is 11.9 Å². The maximum Gasteiger partial charge on any atom is 0.249 e. The fourth-order valence-electron chi connectivity index (χ4n) is 6.19. The molecule has 1 N–H and O–H groups in total. The van der Waals surface area contributed by atoms with Crippen molar-refractivity contribution >= 4 is 11.9 Å². The van der Waals surface area contributed by atoms with Crippen molar-refractivity contribution in [2.45, 2.75) is 70.6 Å². The van der Waals surface area contributed by atoms with Crippen LogP contribution in [0.3, 0.4) is 0 Å². The number of allylic oxidation sites excluding steroid dienone is 1.